The van der Waals surface area contributed by atoms with Crippen molar-refractivity contribution in [3.63, 3.8) is 0 Å². The molecule has 0 atom stereocenters. The summed E-state index contributed by atoms with van der Waals surface area (Å²) in [5.74, 6) is 0.264. The minimum atomic E-state index is -0.302. The number of anilines is 1. The minimum absolute atomic E-state index is 0.302. The fourth-order valence-electron chi connectivity index (χ4n) is 1.93. The van der Waals surface area contributed by atoms with Crippen LogP contribution in [-0.4, -0.2) is 30.6 Å². The zero-order valence-corrected chi connectivity index (χ0v) is 11.6. The van der Waals surface area contributed by atoms with E-state index >= 15 is 0 Å². The molecule has 3 aromatic heterocycles. The van der Waals surface area contributed by atoms with E-state index in [9.17, 15) is 4.79 Å². The fourth-order valence-corrected chi connectivity index (χ4v) is 1.93. The van der Waals surface area contributed by atoms with Crippen LogP contribution >= 0.6 is 0 Å². The fraction of sp³-hybridized carbons (Fsp3) is 0.231. The number of aromatic nitrogens is 5. The smallest absolute Gasteiger partial charge is 0.276 e. The van der Waals surface area contributed by atoms with Crippen molar-refractivity contribution in [2.45, 2.75) is 20.5 Å². The number of hydrogen-bond donors (Lipinski definition) is 1. The molecule has 0 aliphatic rings. The number of carbonyl (C=O) groups excluding carboxylic acids is 1. The highest BCUT2D eigenvalue weighted by Crippen LogP contribution is 2.19. The van der Waals surface area contributed by atoms with Crippen molar-refractivity contribution >= 4 is 11.6 Å². The van der Waals surface area contributed by atoms with Gasteiger partial charge in [0.1, 0.15) is 18.1 Å². The highest BCUT2D eigenvalue weighted by Gasteiger charge is 2.15. The van der Waals surface area contributed by atoms with Gasteiger partial charge in [0.15, 0.2) is 11.5 Å². The highest BCUT2D eigenvalue weighted by atomic mass is 16.5. The predicted molar refractivity (Wildman–Crippen MR) is 73.8 cm³/mol. The molecule has 0 spiro atoms. The number of rotatable bonds is 4. The molecular weight excluding hydrogens is 272 g/mol. The summed E-state index contributed by atoms with van der Waals surface area (Å²) < 4.78 is 8.35. The number of hydrogen-bond acceptors (Lipinski definition) is 5. The lowest BCUT2D eigenvalue weighted by Crippen LogP contribution is -2.15. The third-order valence-electron chi connectivity index (χ3n) is 2.99. The molecule has 0 aliphatic heterocycles. The van der Waals surface area contributed by atoms with Crippen LogP contribution in [0.3, 0.4) is 0 Å². The SMILES string of the molecule is Cc1noc(C)c1NC(=O)c1ccn(Cn2cccn2)n1. The Labute approximate surface area is 120 Å². The van der Waals surface area contributed by atoms with Gasteiger partial charge in [0.2, 0.25) is 0 Å². The van der Waals surface area contributed by atoms with Gasteiger partial charge in [0, 0.05) is 18.6 Å². The number of nitrogens with zero attached hydrogens (tertiary/aromatic N) is 5. The second-order valence-electron chi connectivity index (χ2n) is 4.58. The number of nitrogens with one attached hydrogen (secondary N) is 1. The number of aryl methyl sites for hydroxylation is 2. The van der Waals surface area contributed by atoms with Crippen LogP contribution < -0.4 is 5.32 Å². The largest absolute Gasteiger partial charge is 0.359 e. The monoisotopic (exact) mass is 286 g/mol. The lowest BCUT2D eigenvalue weighted by atomic mass is 10.3. The van der Waals surface area contributed by atoms with Gasteiger partial charge in [-0.2, -0.15) is 10.2 Å². The van der Waals surface area contributed by atoms with E-state index in [1.54, 1.807) is 41.7 Å². The van der Waals surface area contributed by atoms with Gasteiger partial charge in [-0.25, -0.2) is 0 Å². The van der Waals surface area contributed by atoms with E-state index in [1.807, 2.05) is 12.3 Å². The second kappa shape index (κ2) is 5.23. The van der Waals surface area contributed by atoms with E-state index in [0.717, 1.165) is 0 Å². The first kappa shape index (κ1) is 13.1. The van der Waals surface area contributed by atoms with Gasteiger partial charge in [-0.15, -0.1) is 0 Å². The van der Waals surface area contributed by atoms with Crippen LogP contribution in [0.2, 0.25) is 0 Å². The Balaban J connectivity index is 1.72. The van der Waals surface area contributed by atoms with E-state index in [4.69, 9.17) is 4.52 Å². The minimum Gasteiger partial charge on any atom is -0.359 e. The Kier molecular flexibility index (Phi) is 3.27. The Morgan fingerprint density at radius 2 is 2.19 bits per heavy atom. The third kappa shape index (κ3) is 2.69. The number of carbonyl (C=O) groups is 1. The van der Waals surface area contributed by atoms with Crippen LogP contribution in [-0.2, 0) is 6.67 Å². The van der Waals surface area contributed by atoms with Crippen LogP contribution in [0, 0.1) is 13.8 Å². The summed E-state index contributed by atoms with van der Waals surface area (Å²) in [5.41, 5.74) is 1.54. The molecule has 1 amide bonds. The van der Waals surface area contributed by atoms with E-state index in [2.05, 4.69) is 20.7 Å². The van der Waals surface area contributed by atoms with Crippen LogP contribution in [0.15, 0.2) is 35.2 Å². The predicted octanol–water partition coefficient (Wildman–Crippen LogP) is 1.44. The normalized spacial score (nSPS) is 10.8. The lowest BCUT2D eigenvalue weighted by Gasteiger charge is -2.02. The van der Waals surface area contributed by atoms with Crippen molar-refractivity contribution in [3.8, 4) is 0 Å². The molecule has 21 heavy (non-hydrogen) atoms. The van der Waals surface area contributed by atoms with Gasteiger partial charge in [0.05, 0.1) is 0 Å². The molecule has 0 saturated carbocycles. The van der Waals surface area contributed by atoms with Crippen molar-refractivity contribution < 1.29 is 9.32 Å². The molecular formula is C13H14N6O2. The molecule has 0 bridgehead atoms. The first-order valence-electron chi connectivity index (χ1n) is 6.38. The van der Waals surface area contributed by atoms with Crippen molar-refractivity contribution in [2.75, 3.05) is 5.32 Å². The summed E-state index contributed by atoms with van der Waals surface area (Å²) in [7, 11) is 0. The summed E-state index contributed by atoms with van der Waals surface area (Å²) in [6.07, 6.45) is 5.24. The van der Waals surface area contributed by atoms with Gasteiger partial charge < -0.3 is 9.84 Å². The quantitative estimate of drug-likeness (QED) is 0.783. The molecule has 0 fully saturated rings. The Hall–Kier alpha value is -2.90. The molecule has 0 aromatic carbocycles. The van der Waals surface area contributed by atoms with Gasteiger partial charge in [0.25, 0.3) is 5.91 Å². The maximum Gasteiger partial charge on any atom is 0.276 e. The second-order valence-corrected chi connectivity index (χ2v) is 4.58. The van der Waals surface area contributed by atoms with Gasteiger partial charge in [-0.05, 0) is 26.0 Å². The molecule has 0 aliphatic carbocycles. The first-order chi connectivity index (χ1) is 10.1. The summed E-state index contributed by atoms with van der Waals surface area (Å²) in [5, 5.41) is 14.8. The molecule has 108 valence electrons. The van der Waals surface area contributed by atoms with E-state index in [0.29, 0.717) is 29.5 Å². The van der Waals surface area contributed by atoms with E-state index < -0.39 is 0 Å². The zero-order chi connectivity index (χ0) is 14.8. The first-order valence-corrected chi connectivity index (χ1v) is 6.38. The topological polar surface area (TPSA) is 90.8 Å². The Morgan fingerprint density at radius 1 is 1.33 bits per heavy atom. The van der Waals surface area contributed by atoms with Crippen LogP contribution in [0.5, 0.6) is 0 Å². The van der Waals surface area contributed by atoms with Crippen molar-refractivity contribution in [1.82, 2.24) is 24.7 Å². The van der Waals surface area contributed by atoms with Crippen LogP contribution in [0.1, 0.15) is 21.9 Å². The summed E-state index contributed by atoms with van der Waals surface area (Å²) in [6, 6.07) is 3.48. The van der Waals surface area contributed by atoms with E-state index in [-0.39, 0.29) is 5.91 Å². The summed E-state index contributed by atoms with van der Waals surface area (Å²) >= 11 is 0. The molecule has 3 heterocycles. The molecule has 3 rings (SSSR count). The van der Waals surface area contributed by atoms with Gasteiger partial charge in [-0.3, -0.25) is 14.2 Å². The van der Waals surface area contributed by atoms with Gasteiger partial charge >= 0.3 is 0 Å². The van der Waals surface area contributed by atoms with Crippen molar-refractivity contribution in [3.05, 3.63) is 47.9 Å². The summed E-state index contributed by atoms with van der Waals surface area (Å²) in [4.78, 5) is 12.2. The van der Waals surface area contributed by atoms with Crippen molar-refractivity contribution in [2.24, 2.45) is 0 Å². The number of amides is 1. The van der Waals surface area contributed by atoms with E-state index in [1.165, 1.54) is 0 Å². The van der Waals surface area contributed by atoms with Gasteiger partial charge in [-0.1, -0.05) is 5.16 Å². The zero-order valence-electron chi connectivity index (χ0n) is 11.6. The molecule has 1 N–H and O–H groups in total. The molecule has 0 saturated heterocycles. The molecule has 3 aromatic rings. The maximum atomic E-state index is 12.2. The Morgan fingerprint density at radius 3 is 2.86 bits per heavy atom. The third-order valence-corrected chi connectivity index (χ3v) is 2.99. The highest BCUT2D eigenvalue weighted by molar-refractivity contribution is 6.03. The molecule has 8 nitrogen and oxygen atoms in total. The van der Waals surface area contributed by atoms with Crippen molar-refractivity contribution in [1.29, 1.82) is 0 Å². The average Bonchev–Trinajstić information content (AvgIpc) is 3.18. The van der Waals surface area contributed by atoms with Crippen LogP contribution in [0.25, 0.3) is 0 Å². The van der Waals surface area contributed by atoms with Crippen LogP contribution in [0.4, 0.5) is 5.69 Å². The lowest BCUT2D eigenvalue weighted by molar-refractivity contribution is 0.102. The summed E-state index contributed by atoms with van der Waals surface area (Å²) in [6.45, 7) is 3.96. The maximum absolute atomic E-state index is 12.2. The molecule has 8 heteroatoms. The standard InChI is InChI=1S/C13H14N6O2/c1-9-12(10(2)21-17-9)15-13(20)11-4-7-19(16-11)8-18-6-3-5-14-18/h3-7H,8H2,1-2H3,(H,15,20). The average molecular weight is 286 g/mol. The molecule has 0 unspecified atom stereocenters. The molecule has 0 radical (unpaired) electrons. The Bertz CT molecular complexity index is 736.